The first-order valence-electron chi connectivity index (χ1n) is 13.9. The van der Waals surface area contributed by atoms with Gasteiger partial charge in [0.05, 0.1) is 25.6 Å². The zero-order chi connectivity index (χ0) is 29.9. The van der Waals surface area contributed by atoms with Crippen molar-refractivity contribution >= 4 is 23.6 Å². The summed E-state index contributed by atoms with van der Waals surface area (Å²) in [5.74, 6) is -0.829. The van der Waals surface area contributed by atoms with Crippen molar-refractivity contribution in [3.63, 3.8) is 0 Å². The van der Waals surface area contributed by atoms with Gasteiger partial charge in [0.25, 0.3) is 5.91 Å². The van der Waals surface area contributed by atoms with Crippen molar-refractivity contribution in [3.05, 3.63) is 95.6 Å². The van der Waals surface area contributed by atoms with Crippen LogP contribution in [0.3, 0.4) is 0 Å². The Kier molecular flexibility index (Phi) is 10.5. The summed E-state index contributed by atoms with van der Waals surface area (Å²) in [6.07, 6.45) is 0.454. The van der Waals surface area contributed by atoms with E-state index < -0.39 is 29.8 Å². The van der Waals surface area contributed by atoms with Crippen LogP contribution in [0.1, 0.15) is 27.9 Å². The zero-order valence-electron chi connectivity index (χ0n) is 23.8. The third-order valence-corrected chi connectivity index (χ3v) is 6.99. The number of likely N-dealkylation sites (N-methyl/N-ethyl adjacent to an activating group) is 1. The Morgan fingerprint density at radius 3 is 2.40 bits per heavy atom. The summed E-state index contributed by atoms with van der Waals surface area (Å²) in [6.45, 7) is 0.668. The first-order valence-corrected chi connectivity index (χ1v) is 13.9. The van der Waals surface area contributed by atoms with E-state index >= 15 is 0 Å². The van der Waals surface area contributed by atoms with Gasteiger partial charge in [-0.25, -0.2) is 0 Å². The lowest BCUT2D eigenvalue weighted by Crippen LogP contribution is -2.53. The molecule has 1 aliphatic heterocycles. The van der Waals surface area contributed by atoms with Crippen molar-refractivity contribution in [3.8, 4) is 11.5 Å². The molecular weight excluding hydrogens is 536 g/mol. The molecule has 3 N–H and O–H groups in total. The topological polar surface area (TPSA) is 126 Å². The Bertz CT molecular complexity index is 1380. The van der Waals surface area contributed by atoms with E-state index in [1.54, 1.807) is 38.4 Å². The third kappa shape index (κ3) is 8.33. The molecule has 3 aromatic carbocycles. The standard InChI is InChI=1S/C32H36N4O6/c1-36-18-19-42-28-11-7-6-10-25(28)30(38)35-26(31(39)33-17-16-22-12-14-24(41-2)15-13-22)21-29(37)34-27(32(36)40)20-23-8-4-3-5-9-23/h3-15,26-27H,16-21H2,1-2H3,(H,33,39)(H,34,37)(H,35,38)/t26-,27-/m0/s1. The van der Waals surface area contributed by atoms with Gasteiger partial charge in [0, 0.05) is 20.0 Å². The minimum Gasteiger partial charge on any atom is -0.497 e. The predicted molar refractivity (Wildman–Crippen MR) is 157 cm³/mol. The van der Waals surface area contributed by atoms with E-state index in [-0.39, 0.29) is 37.5 Å². The Morgan fingerprint density at radius 2 is 1.67 bits per heavy atom. The number of amides is 4. The van der Waals surface area contributed by atoms with Gasteiger partial charge in [-0.05, 0) is 41.8 Å². The highest BCUT2D eigenvalue weighted by Crippen LogP contribution is 2.19. The molecule has 4 amide bonds. The number of fused-ring (bicyclic) bond motifs is 1. The molecule has 10 heteroatoms. The van der Waals surface area contributed by atoms with E-state index in [4.69, 9.17) is 9.47 Å². The van der Waals surface area contributed by atoms with Gasteiger partial charge >= 0.3 is 0 Å². The summed E-state index contributed by atoms with van der Waals surface area (Å²) >= 11 is 0. The predicted octanol–water partition coefficient (Wildman–Crippen LogP) is 2.12. The second-order valence-electron chi connectivity index (χ2n) is 10.0. The van der Waals surface area contributed by atoms with Crippen LogP contribution in [-0.2, 0) is 27.2 Å². The van der Waals surface area contributed by atoms with Crippen molar-refractivity contribution in [2.75, 3.05) is 33.9 Å². The van der Waals surface area contributed by atoms with Gasteiger partial charge in [0.15, 0.2) is 0 Å². The van der Waals surface area contributed by atoms with Crippen molar-refractivity contribution in [2.24, 2.45) is 0 Å². The molecule has 0 bridgehead atoms. The number of carbonyl (C=O) groups is 4. The van der Waals surface area contributed by atoms with Crippen molar-refractivity contribution in [2.45, 2.75) is 31.3 Å². The first-order chi connectivity index (χ1) is 20.3. The number of nitrogens with zero attached hydrogens (tertiary/aromatic N) is 1. The molecule has 0 unspecified atom stereocenters. The van der Waals surface area contributed by atoms with Crippen LogP contribution >= 0.6 is 0 Å². The fourth-order valence-electron chi connectivity index (χ4n) is 4.63. The number of nitrogens with one attached hydrogen (secondary N) is 3. The molecule has 0 spiro atoms. The minimum absolute atomic E-state index is 0.133. The lowest BCUT2D eigenvalue weighted by atomic mass is 10.0. The molecule has 1 heterocycles. The number of benzene rings is 3. The molecule has 42 heavy (non-hydrogen) atoms. The van der Waals surface area contributed by atoms with Gasteiger partial charge < -0.3 is 30.3 Å². The monoisotopic (exact) mass is 572 g/mol. The summed E-state index contributed by atoms with van der Waals surface area (Å²) in [6, 6.07) is 21.4. The molecule has 0 fully saturated rings. The van der Waals surface area contributed by atoms with Gasteiger partial charge in [-0.15, -0.1) is 0 Å². The largest absolute Gasteiger partial charge is 0.497 e. The van der Waals surface area contributed by atoms with Crippen LogP contribution in [0.5, 0.6) is 11.5 Å². The van der Waals surface area contributed by atoms with E-state index in [1.165, 1.54) is 4.90 Å². The molecule has 0 saturated heterocycles. The minimum atomic E-state index is -1.19. The Hall–Kier alpha value is -4.86. The average Bonchev–Trinajstić information content (AvgIpc) is 3.00. The fraction of sp³-hybridized carbons (Fsp3) is 0.312. The highest BCUT2D eigenvalue weighted by Gasteiger charge is 2.30. The lowest BCUT2D eigenvalue weighted by molar-refractivity contribution is -0.136. The van der Waals surface area contributed by atoms with E-state index in [0.717, 1.165) is 16.9 Å². The quantitative estimate of drug-likeness (QED) is 0.398. The molecule has 1 aliphatic rings. The van der Waals surface area contributed by atoms with E-state index in [1.807, 2.05) is 54.6 Å². The average molecular weight is 573 g/mol. The summed E-state index contributed by atoms with van der Waals surface area (Å²) in [4.78, 5) is 54.7. The van der Waals surface area contributed by atoms with Crippen LogP contribution in [0, 0.1) is 0 Å². The van der Waals surface area contributed by atoms with Crippen LogP contribution in [0.25, 0.3) is 0 Å². The van der Waals surface area contributed by atoms with Crippen LogP contribution in [-0.4, -0.2) is 74.5 Å². The molecule has 0 saturated carbocycles. The lowest BCUT2D eigenvalue weighted by Gasteiger charge is -2.27. The summed E-state index contributed by atoms with van der Waals surface area (Å²) in [5.41, 5.74) is 2.08. The number of hydrogen-bond donors (Lipinski definition) is 3. The highest BCUT2D eigenvalue weighted by atomic mass is 16.5. The highest BCUT2D eigenvalue weighted by molar-refractivity contribution is 6.01. The Labute approximate surface area is 245 Å². The zero-order valence-corrected chi connectivity index (χ0v) is 23.8. The number of hydrogen-bond acceptors (Lipinski definition) is 6. The van der Waals surface area contributed by atoms with Gasteiger partial charge in [-0.1, -0.05) is 54.6 Å². The van der Waals surface area contributed by atoms with E-state index in [0.29, 0.717) is 18.7 Å². The molecule has 3 aromatic rings. The van der Waals surface area contributed by atoms with Crippen molar-refractivity contribution in [1.82, 2.24) is 20.9 Å². The summed E-state index contributed by atoms with van der Waals surface area (Å²) < 4.78 is 11.1. The first kappa shape index (κ1) is 30.1. The van der Waals surface area contributed by atoms with E-state index in [9.17, 15) is 19.2 Å². The molecule has 0 radical (unpaired) electrons. The Morgan fingerprint density at radius 1 is 0.952 bits per heavy atom. The van der Waals surface area contributed by atoms with Crippen molar-refractivity contribution < 1.29 is 28.7 Å². The summed E-state index contributed by atoms with van der Waals surface area (Å²) in [7, 11) is 3.23. The smallest absolute Gasteiger partial charge is 0.255 e. The SMILES string of the molecule is COc1ccc(CCNC(=O)[C@@H]2CC(=O)N[C@@H](Cc3ccccc3)C(=O)N(C)CCOc3ccccc3C(=O)N2)cc1. The molecule has 0 aliphatic carbocycles. The number of rotatable bonds is 7. The molecule has 2 atom stereocenters. The van der Waals surface area contributed by atoms with Crippen LogP contribution in [0.2, 0.25) is 0 Å². The van der Waals surface area contributed by atoms with Gasteiger partial charge in [-0.2, -0.15) is 0 Å². The fourth-order valence-corrected chi connectivity index (χ4v) is 4.63. The molecule has 220 valence electrons. The van der Waals surface area contributed by atoms with E-state index in [2.05, 4.69) is 16.0 Å². The Balaban J connectivity index is 1.53. The maximum Gasteiger partial charge on any atom is 0.255 e. The summed E-state index contributed by atoms with van der Waals surface area (Å²) in [5, 5.41) is 8.32. The second-order valence-corrected chi connectivity index (χ2v) is 10.0. The van der Waals surface area contributed by atoms with Gasteiger partial charge in [0.2, 0.25) is 17.7 Å². The van der Waals surface area contributed by atoms with Crippen molar-refractivity contribution in [1.29, 1.82) is 0 Å². The maximum atomic E-state index is 13.4. The van der Waals surface area contributed by atoms with Crippen LogP contribution in [0.4, 0.5) is 0 Å². The van der Waals surface area contributed by atoms with Crippen LogP contribution < -0.4 is 25.4 Å². The van der Waals surface area contributed by atoms with Gasteiger partial charge in [0.1, 0.15) is 30.2 Å². The molecular formula is C32H36N4O6. The number of ether oxygens (including phenoxy) is 2. The number of methoxy groups -OCH3 is 1. The maximum absolute atomic E-state index is 13.4. The second kappa shape index (κ2) is 14.7. The molecule has 10 nitrogen and oxygen atoms in total. The van der Waals surface area contributed by atoms with Gasteiger partial charge in [-0.3, -0.25) is 19.2 Å². The molecule has 0 aromatic heterocycles. The number of carbonyl (C=O) groups excluding carboxylic acids is 4. The normalized spacial score (nSPS) is 18.0. The molecule has 4 rings (SSSR count). The van der Waals surface area contributed by atoms with Crippen LogP contribution in [0.15, 0.2) is 78.9 Å². The number of para-hydroxylation sites is 1. The third-order valence-electron chi connectivity index (χ3n) is 6.99.